The van der Waals surface area contributed by atoms with E-state index in [1.54, 1.807) is 0 Å². The van der Waals surface area contributed by atoms with Crippen LogP contribution in [0.5, 0.6) is 0 Å². The minimum absolute atomic E-state index is 0.789. The first kappa shape index (κ1) is 11.3. The molecule has 0 aliphatic heterocycles. The second kappa shape index (κ2) is 4.62. The fourth-order valence-electron chi connectivity index (χ4n) is 1.37. The number of rotatable bonds is 3. The molecule has 72 valence electrons. The monoisotopic (exact) mass is 276 g/mol. The van der Waals surface area contributed by atoms with E-state index < -0.39 is 8.07 Å². The highest BCUT2D eigenvalue weighted by Gasteiger charge is 2.24. The Balaban J connectivity index is 3.12. The Kier molecular flexibility index (Phi) is 4.01. The van der Waals surface area contributed by atoms with Gasteiger partial charge in [-0.2, -0.15) is 0 Å². The van der Waals surface area contributed by atoms with Crippen LogP contribution in [0.3, 0.4) is 0 Å². The molecule has 1 aromatic rings. The van der Waals surface area contributed by atoms with Crippen LogP contribution in [0.4, 0.5) is 0 Å². The first-order chi connectivity index (χ1) is 6.11. The lowest BCUT2D eigenvalue weighted by Gasteiger charge is -2.22. The zero-order chi connectivity index (χ0) is 9.90. The van der Waals surface area contributed by atoms with Gasteiger partial charge in [0, 0.05) is 10.8 Å². The normalized spacial score (nSPS) is 11.7. The van der Waals surface area contributed by atoms with Gasteiger partial charge >= 0.3 is 0 Å². The molecule has 0 atom stereocenters. The molecule has 0 bridgehead atoms. The highest BCUT2D eigenvalue weighted by Crippen LogP contribution is 2.11. The van der Waals surface area contributed by atoms with E-state index >= 15 is 0 Å². The van der Waals surface area contributed by atoms with Gasteiger partial charge < -0.3 is 0 Å². The minimum Gasteiger partial charge on any atom is -0.130 e. The lowest BCUT2D eigenvalue weighted by Crippen LogP contribution is -2.45. The summed E-state index contributed by atoms with van der Waals surface area (Å²) < 4.78 is 0. The maximum Gasteiger partial charge on any atom is 0.0963 e. The van der Waals surface area contributed by atoms with E-state index in [1.807, 2.05) is 0 Å². The van der Waals surface area contributed by atoms with Gasteiger partial charge in [-0.3, -0.25) is 0 Å². The molecule has 1 rings (SSSR count). The van der Waals surface area contributed by atoms with E-state index in [9.17, 15) is 0 Å². The maximum atomic E-state index is 6.00. The Hall–Kier alpha value is 0.207. The largest absolute Gasteiger partial charge is 0.130 e. The van der Waals surface area contributed by atoms with Crippen molar-refractivity contribution in [2.45, 2.75) is 18.4 Å². The summed E-state index contributed by atoms with van der Waals surface area (Å²) in [7, 11) is -1.38. The van der Waals surface area contributed by atoms with Crippen LogP contribution in [-0.4, -0.2) is 13.6 Å². The quantitative estimate of drug-likeness (QED) is 0.588. The molecule has 0 N–H and O–H groups in total. The first-order valence-electron chi connectivity index (χ1n) is 4.32. The van der Waals surface area contributed by atoms with E-state index in [1.165, 1.54) is 10.8 Å². The van der Waals surface area contributed by atoms with Crippen LogP contribution in [0.1, 0.15) is 5.56 Å². The lowest BCUT2D eigenvalue weighted by molar-refractivity contribution is 1.45. The molecular weight excluding hydrogens is 264 g/mol. The Morgan fingerprint density at radius 1 is 1.31 bits per heavy atom. The van der Waals surface area contributed by atoms with Crippen LogP contribution in [0.15, 0.2) is 24.3 Å². The highest BCUT2D eigenvalue weighted by molar-refractivity contribution is 9.08. The molecule has 3 heteroatoms. The molecule has 1 aromatic carbocycles. The third-order valence-electron chi connectivity index (χ3n) is 2.22. The van der Waals surface area contributed by atoms with E-state index in [0.29, 0.717) is 0 Å². The molecule has 0 unspecified atom stereocenters. The third kappa shape index (κ3) is 2.58. The number of hydrogen-bond acceptors (Lipinski definition) is 0. The predicted octanol–water partition coefficient (Wildman–Crippen LogP) is 3.27. The number of halogens is 2. The van der Waals surface area contributed by atoms with Crippen molar-refractivity contribution in [3.63, 3.8) is 0 Å². The second-order valence-corrected chi connectivity index (χ2v) is 9.74. The van der Waals surface area contributed by atoms with E-state index in [0.717, 1.165) is 10.8 Å². The van der Waals surface area contributed by atoms with E-state index in [2.05, 4.69) is 53.3 Å². The van der Waals surface area contributed by atoms with Gasteiger partial charge in [-0.05, 0) is 5.56 Å². The summed E-state index contributed by atoms with van der Waals surface area (Å²) in [4.78, 5) is 0. The van der Waals surface area contributed by atoms with Crippen LogP contribution < -0.4 is 5.19 Å². The van der Waals surface area contributed by atoms with Gasteiger partial charge in [-0.15, -0.1) is 11.6 Å². The standard InChI is InChI=1S/C10H14BrClSi/c1-13(2,8-12)10-6-4-3-5-9(10)7-11/h3-6H,7-8H2,1-2H3. The average molecular weight is 278 g/mol. The van der Waals surface area contributed by atoms with Gasteiger partial charge in [0.2, 0.25) is 0 Å². The van der Waals surface area contributed by atoms with Crippen molar-refractivity contribution in [3.8, 4) is 0 Å². The molecule has 0 aliphatic rings. The molecule has 0 saturated heterocycles. The fourth-order valence-corrected chi connectivity index (χ4v) is 4.28. The van der Waals surface area contributed by atoms with Crippen LogP contribution >= 0.6 is 27.5 Å². The van der Waals surface area contributed by atoms with Crippen molar-refractivity contribution < 1.29 is 0 Å². The van der Waals surface area contributed by atoms with E-state index in [4.69, 9.17) is 11.6 Å². The number of benzene rings is 1. The van der Waals surface area contributed by atoms with Gasteiger partial charge in [-0.25, -0.2) is 0 Å². The summed E-state index contributed by atoms with van der Waals surface area (Å²) in [6, 6.07) is 8.57. The molecule has 0 nitrogen and oxygen atoms in total. The molecule has 0 aromatic heterocycles. The van der Waals surface area contributed by atoms with Crippen molar-refractivity contribution in [1.82, 2.24) is 0 Å². The smallest absolute Gasteiger partial charge is 0.0963 e. The van der Waals surface area contributed by atoms with Gasteiger partial charge in [0.25, 0.3) is 0 Å². The van der Waals surface area contributed by atoms with Crippen molar-refractivity contribution in [2.24, 2.45) is 0 Å². The van der Waals surface area contributed by atoms with Crippen molar-refractivity contribution in [2.75, 3.05) is 5.50 Å². The molecule has 0 amide bonds. The lowest BCUT2D eigenvalue weighted by atomic mass is 10.2. The minimum atomic E-state index is -1.38. The van der Waals surface area contributed by atoms with Gasteiger partial charge in [0.1, 0.15) is 0 Å². The summed E-state index contributed by atoms with van der Waals surface area (Å²) in [5, 5.41) is 2.40. The summed E-state index contributed by atoms with van der Waals surface area (Å²) in [6.07, 6.45) is 0. The number of hydrogen-bond donors (Lipinski definition) is 0. The van der Waals surface area contributed by atoms with Crippen molar-refractivity contribution in [3.05, 3.63) is 29.8 Å². The van der Waals surface area contributed by atoms with Crippen LogP contribution in [-0.2, 0) is 5.33 Å². The van der Waals surface area contributed by atoms with Crippen molar-refractivity contribution >= 4 is 40.8 Å². The molecule has 0 saturated carbocycles. The van der Waals surface area contributed by atoms with Crippen LogP contribution in [0.2, 0.25) is 13.1 Å². The Morgan fingerprint density at radius 3 is 2.46 bits per heavy atom. The Morgan fingerprint density at radius 2 is 1.92 bits per heavy atom. The Labute approximate surface area is 94.4 Å². The van der Waals surface area contributed by atoms with Gasteiger partial charge in [-0.1, -0.05) is 58.5 Å². The first-order valence-corrected chi connectivity index (χ1v) is 9.18. The Bertz CT molecular complexity index is 286. The zero-order valence-electron chi connectivity index (χ0n) is 7.98. The average Bonchev–Trinajstić information content (AvgIpc) is 2.18. The molecule has 0 fully saturated rings. The molecule has 0 heterocycles. The third-order valence-corrected chi connectivity index (χ3v) is 7.45. The molecule has 0 radical (unpaired) electrons. The van der Waals surface area contributed by atoms with Gasteiger partial charge in [0.15, 0.2) is 0 Å². The topological polar surface area (TPSA) is 0 Å². The van der Waals surface area contributed by atoms with E-state index in [-0.39, 0.29) is 0 Å². The maximum absolute atomic E-state index is 6.00. The SMILES string of the molecule is C[Si](C)(CCl)c1ccccc1CBr. The van der Waals surface area contributed by atoms with Crippen LogP contribution in [0.25, 0.3) is 0 Å². The molecule has 0 aliphatic carbocycles. The van der Waals surface area contributed by atoms with Crippen LogP contribution in [0, 0.1) is 0 Å². The molecule has 13 heavy (non-hydrogen) atoms. The second-order valence-electron chi connectivity index (χ2n) is 3.81. The summed E-state index contributed by atoms with van der Waals surface area (Å²) in [5.74, 6) is 0. The molecular formula is C10H14BrClSi. The fraction of sp³-hybridized carbons (Fsp3) is 0.400. The zero-order valence-corrected chi connectivity index (χ0v) is 11.3. The predicted molar refractivity (Wildman–Crippen MR) is 66.9 cm³/mol. The number of alkyl halides is 2. The summed E-state index contributed by atoms with van der Waals surface area (Å²) >= 11 is 9.51. The summed E-state index contributed by atoms with van der Waals surface area (Å²) in [5.41, 5.74) is 2.18. The van der Waals surface area contributed by atoms with Crippen molar-refractivity contribution in [1.29, 1.82) is 0 Å². The summed E-state index contributed by atoms with van der Waals surface area (Å²) in [6.45, 7) is 4.61. The molecule has 0 spiro atoms. The highest BCUT2D eigenvalue weighted by atomic mass is 79.9. The van der Waals surface area contributed by atoms with Gasteiger partial charge in [0.05, 0.1) is 8.07 Å².